The number of esters is 1. The van der Waals surface area contributed by atoms with Gasteiger partial charge in [0.05, 0.1) is 26.0 Å². The number of hydrogen-bond acceptors (Lipinski definition) is 6. The van der Waals surface area contributed by atoms with E-state index in [1.165, 1.54) is 18.4 Å². The van der Waals surface area contributed by atoms with Gasteiger partial charge in [0.2, 0.25) is 5.91 Å². The maximum absolute atomic E-state index is 14.2. The van der Waals surface area contributed by atoms with Crippen LogP contribution in [-0.4, -0.2) is 44.0 Å². The zero-order valence-electron chi connectivity index (χ0n) is 25.1. The number of methoxy groups -OCH3 is 1. The van der Waals surface area contributed by atoms with Crippen LogP contribution >= 0.6 is 11.3 Å². The first-order valence-electron chi connectivity index (χ1n) is 15.5. The summed E-state index contributed by atoms with van der Waals surface area (Å²) in [6.07, 6.45) is 15.0. The maximum Gasteiger partial charge on any atom is 0.350 e. The second-order valence-electron chi connectivity index (χ2n) is 10.8. The molecular formula is C32H51NO5S. The molecule has 1 unspecified atom stereocenters. The number of thiophene rings is 1. The maximum atomic E-state index is 14.2. The molecule has 3 aliphatic carbocycles. The van der Waals surface area contributed by atoms with Gasteiger partial charge in [-0.05, 0) is 69.8 Å². The highest BCUT2D eigenvalue weighted by Gasteiger charge is 2.44. The van der Waals surface area contributed by atoms with Crippen molar-refractivity contribution in [3.05, 3.63) is 28.0 Å². The molecule has 1 spiro atoms. The lowest BCUT2D eigenvalue weighted by Crippen LogP contribution is -2.49. The highest BCUT2D eigenvalue weighted by molar-refractivity contribution is 7.14. The van der Waals surface area contributed by atoms with Crippen molar-refractivity contribution in [2.24, 2.45) is 11.8 Å². The second-order valence-corrected chi connectivity index (χ2v) is 11.9. The molecule has 2 saturated carbocycles. The number of carbonyl (C=O) groups is 2. The fourth-order valence-electron chi connectivity index (χ4n) is 6.34. The van der Waals surface area contributed by atoms with E-state index in [1.54, 1.807) is 0 Å². The van der Waals surface area contributed by atoms with Gasteiger partial charge in [0, 0.05) is 35.6 Å². The van der Waals surface area contributed by atoms with Crippen molar-refractivity contribution >= 4 is 28.9 Å². The molecule has 0 radical (unpaired) electrons. The molecule has 6 nitrogen and oxygen atoms in total. The van der Waals surface area contributed by atoms with Crippen molar-refractivity contribution in [1.82, 2.24) is 0 Å². The van der Waals surface area contributed by atoms with E-state index in [2.05, 4.69) is 25.1 Å². The molecule has 0 N–H and O–H groups in total. The van der Waals surface area contributed by atoms with Crippen molar-refractivity contribution in [3.63, 3.8) is 0 Å². The highest BCUT2D eigenvalue weighted by Crippen LogP contribution is 2.44. The quantitative estimate of drug-likeness (QED) is 0.267. The fourth-order valence-corrected chi connectivity index (χ4v) is 7.52. The average Bonchev–Trinajstić information content (AvgIpc) is 3.65. The summed E-state index contributed by atoms with van der Waals surface area (Å²) in [5.74, 6) is 0.345. The monoisotopic (exact) mass is 561 g/mol. The molecule has 39 heavy (non-hydrogen) atoms. The Morgan fingerprint density at radius 2 is 1.62 bits per heavy atom. The lowest BCUT2D eigenvalue weighted by atomic mass is 9.81. The second kappa shape index (κ2) is 15.3. The van der Waals surface area contributed by atoms with E-state index < -0.39 is 5.79 Å². The van der Waals surface area contributed by atoms with E-state index in [4.69, 9.17) is 14.2 Å². The minimum atomic E-state index is -0.483. The number of hydrogen-bond donors (Lipinski definition) is 0. The van der Waals surface area contributed by atoms with Gasteiger partial charge in [-0.1, -0.05) is 46.8 Å². The van der Waals surface area contributed by atoms with E-state index >= 15 is 0 Å². The van der Waals surface area contributed by atoms with Gasteiger partial charge in [-0.3, -0.25) is 4.79 Å². The smallest absolute Gasteiger partial charge is 0.350 e. The van der Waals surface area contributed by atoms with Gasteiger partial charge in [-0.25, -0.2) is 4.79 Å². The molecule has 1 saturated heterocycles. The lowest BCUT2D eigenvalue weighted by molar-refractivity contribution is -0.179. The van der Waals surface area contributed by atoms with Crippen molar-refractivity contribution in [3.8, 4) is 0 Å². The van der Waals surface area contributed by atoms with E-state index in [1.807, 2.05) is 32.6 Å². The van der Waals surface area contributed by atoms with E-state index in [0.29, 0.717) is 29.9 Å². The van der Waals surface area contributed by atoms with Crippen LogP contribution in [0.2, 0.25) is 0 Å². The highest BCUT2D eigenvalue weighted by atomic mass is 32.1. The van der Waals surface area contributed by atoms with Crippen LogP contribution in [0.1, 0.15) is 126 Å². The molecule has 0 bridgehead atoms. The molecule has 1 atom stereocenters. The van der Waals surface area contributed by atoms with Crippen LogP contribution < -0.4 is 4.90 Å². The van der Waals surface area contributed by atoms with Crippen LogP contribution in [0.25, 0.3) is 0 Å². The number of nitrogens with zero attached hydrogens (tertiary/aromatic N) is 1. The molecule has 1 amide bonds. The molecule has 5 rings (SSSR count). The Kier molecular flexibility index (Phi) is 12.5. The number of allylic oxidation sites excluding steroid dienone is 2. The Morgan fingerprint density at radius 3 is 2.18 bits per heavy atom. The summed E-state index contributed by atoms with van der Waals surface area (Å²) in [4.78, 5) is 30.8. The summed E-state index contributed by atoms with van der Waals surface area (Å²) in [5.41, 5.74) is 0.758. The molecular weight excluding hydrogens is 510 g/mol. The number of amides is 1. The van der Waals surface area contributed by atoms with Crippen LogP contribution in [0.4, 0.5) is 5.69 Å². The molecule has 220 valence electrons. The van der Waals surface area contributed by atoms with E-state index in [-0.39, 0.29) is 23.8 Å². The third-order valence-corrected chi connectivity index (χ3v) is 9.72. The lowest BCUT2D eigenvalue weighted by Gasteiger charge is -2.42. The first kappa shape index (κ1) is 31.8. The summed E-state index contributed by atoms with van der Waals surface area (Å²) >= 11 is 1.51. The SMILES string of the molecule is CC.CC.COC(=O)c1sc(C2C=CCCC2)cc1N(C(=O)C1CCC(C)CC1)C1CCC2(CC1)OCCO2. The Balaban J connectivity index is 0.00000100. The summed E-state index contributed by atoms with van der Waals surface area (Å²) in [6, 6.07) is 2.15. The molecule has 1 aromatic rings. The normalized spacial score (nSPS) is 26.2. The molecule has 1 aromatic heterocycles. The zero-order chi connectivity index (χ0) is 28.4. The van der Waals surface area contributed by atoms with Crippen LogP contribution in [0, 0.1) is 11.8 Å². The summed E-state index contributed by atoms with van der Waals surface area (Å²) < 4.78 is 17.1. The first-order valence-corrected chi connectivity index (χ1v) is 16.3. The van der Waals surface area contributed by atoms with Crippen LogP contribution in [-0.2, 0) is 19.0 Å². The summed E-state index contributed by atoms with van der Waals surface area (Å²) in [7, 11) is 1.43. The Morgan fingerprint density at radius 1 is 0.974 bits per heavy atom. The molecule has 1 aliphatic heterocycles. The van der Waals surface area contributed by atoms with Crippen LogP contribution in [0.3, 0.4) is 0 Å². The Bertz CT molecular complexity index is 932. The van der Waals surface area contributed by atoms with Crippen molar-refractivity contribution in [2.75, 3.05) is 25.2 Å². The van der Waals surface area contributed by atoms with Gasteiger partial charge in [0.1, 0.15) is 4.88 Å². The summed E-state index contributed by atoms with van der Waals surface area (Å²) in [6.45, 7) is 11.6. The molecule has 0 aromatic carbocycles. The topological polar surface area (TPSA) is 65.1 Å². The molecule has 7 heteroatoms. The van der Waals surface area contributed by atoms with Crippen molar-refractivity contribution < 1.29 is 23.8 Å². The third kappa shape index (κ3) is 7.53. The number of anilines is 1. The van der Waals surface area contributed by atoms with Gasteiger partial charge >= 0.3 is 5.97 Å². The van der Waals surface area contributed by atoms with Crippen LogP contribution in [0.15, 0.2) is 18.2 Å². The van der Waals surface area contributed by atoms with Gasteiger partial charge in [-0.15, -0.1) is 11.3 Å². The predicted molar refractivity (Wildman–Crippen MR) is 160 cm³/mol. The molecule has 2 heterocycles. The third-order valence-electron chi connectivity index (χ3n) is 8.48. The van der Waals surface area contributed by atoms with Gasteiger partial charge in [-0.2, -0.15) is 0 Å². The fraction of sp³-hybridized carbons (Fsp3) is 0.750. The van der Waals surface area contributed by atoms with E-state index in [0.717, 1.165) is 81.2 Å². The first-order chi connectivity index (χ1) is 19.0. The zero-order valence-corrected chi connectivity index (χ0v) is 25.9. The standard InChI is InChI=1S/C28H39NO5S.2C2H6/c1-19-8-10-21(11-9-19)26(30)29(22-12-14-28(15-13-22)33-16-17-34-28)23-18-24(20-6-4-3-5-7-20)35-25(23)27(31)32-2;2*1-2/h4,6,18-22H,3,5,7-17H2,1-2H3;2*1-2H3. The minimum absolute atomic E-state index is 0.0180. The van der Waals surface area contributed by atoms with Crippen LogP contribution in [0.5, 0.6) is 0 Å². The molecule has 3 fully saturated rings. The van der Waals surface area contributed by atoms with Gasteiger partial charge < -0.3 is 19.1 Å². The van der Waals surface area contributed by atoms with E-state index in [9.17, 15) is 9.59 Å². The minimum Gasteiger partial charge on any atom is -0.465 e. The predicted octanol–water partition coefficient (Wildman–Crippen LogP) is 8.26. The summed E-state index contributed by atoms with van der Waals surface area (Å²) in [5, 5.41) is 0. The Labute approximate surface area is 240 Å². The molecule has 4 aliphatic rings. The Hall–Kier alpha value is -1.70. The number of ether oxygens (including phenoxy) is 3. The number of rotatable bonds is 5. The number of carbonyl (C=O) groups excluding carboxylic acids is 2. The van der Waals surface area contributed by atoms with Gasteiger partial charge in [0.25, 0.3) is 0 Å². The largest absolute Gasteiger partial charge is 0.465 e. The van der Waals surface area contributed by atoms with Crippen molar-refractivity contribution in [2.45, 2.75) is 123 Å². The van der Waals surface area contributed by atoms with Gasteiger partial charge in [0.15, 0.2) is 5.79 Å². The van der Waals surface area contributed by atoms with Crippen molar-refractivity contribution in [1.29, 1.82) is 0 Å². The average molecular weight is 562 g/mol.